The van der Waals surface area contributed by atoms with Crippen LogP contribution in [0.4, 0.5) is 9.93 Å². The average molecular weight is 484 g/mol. The number of hydrogen-bond acceptors (Lipinski definition) is 6. The van der Waals surface area contributed by atoms with Gasteiger partial charge in [0, 0.05) is 43.2 Å². The van der Waals surface area contributed by atoms with Crippen molar-refractivity contribution in [2.45, 2.75) is 26.2 Å². The maximum Gasteiger partial charge on any atom is 0.317 e. The van der Waals surface area contributed by atoms with Crippen molar-refractivity contribution < 1.29 is 14.3 Å². The van der Waals surface area contributed by atoms with E-state index in [9.17, 15) is 9.59 Å². The fourth-order valence-corrected chi connectivity index (χ4v) is 3.59. The second-order valence-electron chi connectivity index (χ2n) is 6.29. The number of anilines is 1. The van der Waals surface area contributed by atoms with E-state index in [4.69, 9.17) is 4.74 Å². The Labute approximate surface area is 183 Å². The number of urea groups is 1. The summed E-state index contributed by atoms with van der Waals surface area (Å²) in [6.07, 6.45) is 2.09. The van der Waals surface area contributed by atoms with Crippen LogP contribution in [0.5, 0.6) is 0 Å². The van der Waals surface area contributed by atoms with Crippen molar-refractivity contribution in [3.63, 3.8) is 0 Å². The molecule has 0 spiro atoms. The van der Waals surface area contributed by atoms with Crippen LogP contribution in [-0.2, 0) is 9.53 Å². The van der Waals surface area contributed by atoms with Crippen molar-refractivity contribution in [2.24, 2.45) is 0 Å². The van der Waals surface area contributed by atoms with Gasteiger partial charge in [-0.15, -0.1) is 10.2 Å². The summed E-state index contributed by atoms with van der Waals surface area (Å²) in [5.41, 5.74) is 0.923. The van der Waals surface area contributed by atoms with Gasteiger partial charge in [-0.3, -0.25) is 4.79 Å². The summed E-state index contributed by atoms with van der Waals surface area (Å²) in [7, 11) is 1.58. The molecule has 0 aliphatic rings. The average Bonchev–Trinajstić information content (AvgIpc) is 3.16. The number of carbonyl (C=O) groups is 2. The molecule has 2 aromatic rings. The zero-order valence-corrected chi connectivity index (χ0v) is 19.0. The number of methoxy groups -OCH3 is 1. The van der Waals surface area contributed by atoms with Crippen LogP contribution in [-0.4, -0.2) is 60.4 Å². The van der Waals surface area contributed by atoms with Crippen LogP contribution < -0.4 is 10.6 Å². The molecule has 0 radical (unpaired) electrons. The van der Waals surface area contributed by atoms with Gasteiger partial charge in [0.05, 0.1) is 6.61 Å². The van der Waals surface area contributed by atoms with Crippen molar-refractivity contribution in [3.8, 4) is 10.6 Å². The number of unbranched alkanes of at least 4 members (excludes halogenated alkanes) is 1. The lowest BCUT2D eigenvalue weighted by Gasteiger charge is -2.22. The maximum atomic E-state index is 12.3. The zero-order valence-electron chi connectivity index (χ0n) is 16.6. The predicted octanol–water partition coefficient (Wildman–Crippen LogP) is 3.75. The molecule has 1 heterocycles. The van der Waals surface area contributed by atoms with E-state index >= 15 is 0 Å². The quantitative estimate of drug-likeness (QED) is 0.474. The van der Waals surface area contributed by atoms with E-state index in [1.54, 1.807) is 12.0 Å². The van der Waals surface area contributed by atoms with Crippen LogP contribution in [0.3, 0.4) is 0 Å². The normalized spacial score (nSPS) is 10.6. The SMILES string of the molecule is CCCCNC(=O)N(CCOC)CCC(=O)Nc1nnc(-c2cccc(Br)c2)s1. The van der Waals surface area contributed by atoms with Crippen LogP contribution in [0, 0.1) is 0 Å². The Morgan fingerprint density at radius 2 is 2.10 bits per heavy atom. The molecule has 0 atom stereocenters. The second kappa shape index (κ2) is 12.5. The lowest BCUT2D eigenvalue weighted by Crippen LogP contribution is -2.43. The minimum Gasteiger partial charge on any atom is -0.383 e. The van der Waals surface area contributed by atoms with Gasteiger partial charge < -0.3 is 20.3 Å². The first-order chi connectivity index (χ1) is 14.0. The summed E-state index contributed by atoms with van der Waals surface area (Å²) in [6, 6.07) is 7.54. The van der Waals surface area contributed by atoms with Gasteiger partial charge in [0.25, 0.3) is 0 Å². The number of amides is 3. The van der Waals surface area contributed by atoms with Crippen molar-refractivity contribution in [3.05, 3.63) is 28.7 Å². The summed E-state index contributed by atoms with van der Waals surface area (Å²) in [5, 5.41) is 14.9. The molecule has 29 heavy (non-hydrogen) atoms. The van der Waals surface area contributed by atoms with Gasteiger partial charge in [-0.2, -0.15) is 0 Å². The Morgan fingerprint density at radius 3 is 2.83 bits per heavy atom. The molecule has 0 aliphatic heterocycles. The summed E-state index contributed by atoms with van der Waals surface area (Å²) in [6.45, 7) is 3.82. The summed E-state index contributed by atoms with van der Waals surface area (Å²) < 4.78 is 6.01. The van der Waals surface area contributed by atoms with Crippen LogP contribution in [0.1, 0.15) is 26.2 Å². The number of nitrogens with one attached hydrogen (secondary N) is 2. The third-order valence-corrected chi connectivity index (χ3v) is 5.39. The Morgan fingerprint density at radius 1 is 1.28 bits per heavy atom. The van der Waals surface area contributed by atoms with Crippen LogP contribution >= 0.6 is 27.3 Å². The van der Waals surface area contributed by atoms with E-state index in [-0.39, 0.29) is 18.4 Å². The number of halogens is 1. The molecule has 0 fully saturated rings. The van der Waals surface area contributed by atoms with Crippen molar-refractivity contribution in [2.75, 3.05) is 38.7 Å². The van der Waals surface area contributed by atoms with Gasteiger partial charge in [-0.05, 0) is 18.6 Å². The molecular formula is C19H26BrN5O3S. The molecule has 0 aliphatic carbocycles. The fraction of sp³-hybridized carbons (Fsp3) is 0.474. The molecule has 0 unspecified atom stereocenters. The highest BCUT2D eigenvalue weighted by molar-refractivity contribution is 9.10. The van der Waals surface area contributed by atoms with Crippen LogP contribution in [0.2, 0.25) is 0 Å². The number of hydrogen-bond donors (Lipinski definition) is 2. The van der Waals surface area contributed by atoms with Crippen LogP contribution in [0.25, 0.3) is 10.6 Å². The minimum absolute atomic E-state index is 0.163. The number of aromatic nitrogens is 2. The van der Waals surface area contributed by atoms with E-state index < -0.39 is 0 Å². The smallest absolute Gasteiger partial charge is 0.317 e. The summed E-state index contributed by atoms with van der Waals surface area (Å²) in [4.78, 5) is 26.2. The van der Waals surface area contributed by atoms with E-state index in [0.717, 1.165) is 27.9 Å². The molecule has 2 N–H and O–H groups in total. The number of ether oxygens (including phenoxy) is 1. The number of nitrogens with zero attached hydrogens (tertiary/aromatic N) is 3. The molecular weight excluding hydrogens is 458 g/mol. The molecule has 158 valence electrons. The highest BCUT2D eigenvalue weighted by Crippen LogP contribution is 2.28. The number of carbonyl (C=O) groups excluding carboxylic acids is 2. The molecule has 1 aromatic carbocycles. The molecule has 0 saturated heterocycles. The molecule has 8 nitrogen and oxygen atoms in total. The third kappa shape index (κ3) is 8.08. The van der Waals surface area contributed by atoms with E-state index in [0.29, 0.717) is 31.4 Å². The zero-order chi connectivity index (χ0) is 21.1. The van der Waals surface area contributed by atoms with Gasteiger partial charge in [0.2, 0.25) is 11.0 Å². The van der Waals surface area contributed by atoms with Gasteiger partial charge >= 0.3 is 6.03 Å². The highest BCUT2D eigenvalue weighted by atomic mass is 79.9. The van der Waals surface area contributed by atoms with Crippen molar-refractivity contribution in [1.29, 1.82) is 0 Å². The van der Waals surface area contributed by atoms with Crippen molar-refractivity contribution in [1.82, 2.24) is 20.4 Å². The largest absolute Gasteiger partial charge is 0.383 e. The Kier molecular flexibility index (Phi) is 10.0. The minimum atomic E-state index is -0.217. The number of rotatable bonds is 11. The molecule has 0 saturated carbocycles. The topological polar surface area (TPSA) is 96.5 Å². The first-order valence-electron chi connectivity index (χ1n) is 9.44. The van der Waals surface area contributed by atoms with Crippen molar-refractivity contribution >= 4 is 44.3 Å². The Hall–Kier alpha value is -2.04. The Bertz CT molecular complexity index is 802. The number of benzene rings is 1. The summed E-state index contributed by atoms with van der Waals surface area (Å²) in [5.74, 6) is -0.217. The third-order valence-electron chi connectivity index (χ3n) is 4.01. The summed E-state index contributed by atoms with van der Waals surface area (Å²) >= 11 is 4.73. The molecule has 10 heteroatoms. The van der Waals surface area contributed by atoms with E-state index in [2.05, 4.69) is 43.7 Å². The molecule has 3 amide bonds. The van der Waals surface area contributed by atoms with Gasteiger partial charge in [-0.1, -0.05) is 52.7 Å². The highest BCUT2D eigenvalue weighted by Gasteiger charge is 2.16. The predicted molar refractivity (Wildman–Crippen MR) is 118 cm³/mol. The molecule has 1 aromatic heterocycles. The van der Waals surface area contributed by atoms with Gasteiger partial charge in [0.15, 0.2) is 0 Å². The second-order valence-corrected chi connectivity index (χ2v) is 8.18. The maximum absolute atomic E-state index is 12.3. The Balaban J connectivity index is 1.87. The van der Waals surface area contributed by atoms with Crippen LogP contribution in [0.15, 0.2) is 28.7 Å². The lowest BCUT2D eigenvalue weighted by atomic mass is 10.2. The fourth-order valence-electron chi connectivity index (χ4n) is 2.43. The molecule has 2 rings (SSSR count). The van der Waals surface area contributed by atoms with Gasteiger partial charge in [-0.25, -0.2) is 4.79 Å². The standard InChI is InChI=1S/C19H26BrN5O3S/c1-3-4-9-21-19(27)25(11-12-28-2)10-8-16(26)22-18-24-23-17(29-18)14-6-5-7-15(20)13-14/h5-7,13H,3-4,8-12H2,1-2H3,(H,21,27)(H,22,24,26). The first kappa shape index (κ1) is 23.2. The van der Waals surface area contributed by atoms with E-state index in [1.165, 1.54) is 11.3 Å². The van der Waals surface area contributed by atoms with Gasteiger partial charge in [0.1, 0.15) is 5.01 Å². The first-order valence-corrected chi connectivity index (χ1v) is 11.1. The molecule has 0 bridgehead atoms. The monoisotopic (exact) mass is 483 g/mol. The lowest BCUT2D eigenvalue weighted by molar-refractivity contribution is -0.116. The van der Waals surface area contributed by atoms with E-state index in [1.807, 2.05) is 24.3 Å².